The van der Waals surface area contributed by atoms with Crippen molar-refractivity contribution >= 4 is 54.7 Å². The Labute approximate surface area is 205 Å². The highest BCUT2D eigenvalue weighted by atomic mass is 35.5. The van der Waals surface area contributed by atoms with Crippen LogP contribution in [0.5, 0.6) is 0 Å². The lowest BCUT2D eigenvalue weighted by atomic mass is 10.2. The number of hydrogen-bond donors (Lipinski definition) is 1. The highest BCUT2D eigenvalue weighted by Crippen LogP contribution is 2.32. The number of nitrogens with one attached hydrogen (secondary N) is 1. The summed E-state index contributed by atoms with van der Waals surface area (Å²) in [5.74, 6) is -0.509. The maximum absolute atomic E-state index is 12.9. The van der Waals surface area contributed by atoms with E-state index in [0.717, 1.165) is 15.6 Å². The number of halogens is 1. The van der Waals surface area contributed by atoms with Crippen LogP contribution in [0.2, 0.25) is 4.34 Å². The van der Waals surface area contributed by atoms with Crippen LogP contribution >= 0.6 is 22.9 Å². The number of carbonyl (C=O) groups is 1. The van der Waals surface area contributed by atoms with Gasteiger partial charge in [-0.1, -0.05) is 16.7 Å². The highest BCUT2D eigenvalue weighted by molar-refractivity contribution is 7.92. The number of aromatic nitrogens is 2. The van der Waals surface area contributed by atoms with E-state index in [4.69, 9.17) is 16.0 Å². The number of benzene rings is 1. The van der Waals surface area contributed by atoms with Crippen molar-refractivity contribution in [3.63, 3.8) is 0 Å². The molecular weight excluding hydrogens is 524 g/mol. The first-order chi connectivity index (χ1) is 16.0. The van der Waals surface area contributed by atoms with Crippen LogP contribution < -0.4 is 5.32 Å². The van der Waals surface area contributed by atoms with Crippen molar-refractivity contribution in [3.8, 4) is 11.5 Å². The minimum atomic E-state index is -3.87. The molecule has 182 valence electrons. The van der Waals surface area contributed by atoms with E-state index in [2.05, 4.69) is 15.5 Å². The lowest BCUT2D eigenvalue weighted by Gasteiger charge is -2.21. The van der Waals surface area contributed by atoms with Crippen LogP contribution in [-0.2, 0) is 24.7 Å². The fraction of sp³-hybridized carbons (Fsp3) is 0.350. The number of nitrogens with zero attached hydrogens (tertiary/aromatic N) is 3. The van der Waals surface area contributed by atoms with Gasteiger partial charge in [0.25, 0.3) is 10.0 Å². The van der Waals surface area contributed by atoms with Gasteiger partial charge < -0.3 is 4.42 Å². The van der Waals surface area contributed by atoms with Crippen LogP contribution in [0.4, 0.5) is 6.01 Å². The van der Waals surface area contributed by atoms with Crippen LogP contribution in [0.3, 0.4) is 0 Å². The summed E-state index contributed by atoms with van der Waals surface area (Å²) < 4.78 is 57.5. The second kappa shape index (κ2) is 9.38. The van der Waals surface area contributed by atoms with E-state index in [1.165, 1.54) is 36.4 Å². The summed E-state index contributed by atoms with van der Waals surface area (Å²) >= 11 is 6.81. The summed E-state index contributed by atoms with van der Waals surface area (Å²) in [6.07, 6.45) is 0.869. The number of carbonyl (C=O) groups excluding carboxylic acids is 1. The van der Waals surface area contributed by atoms with E-state index >= 15 is 0 Å². The zero-order valence-corrected chi connectivity index (χ0v) is 21.3. The number of anilines is 1. The van der Waals surface area contributed by atoms with Crippen LogP contribution in [0, 0.1) is 0 Å². The van der Waals surface area contributed by atoms with E-state index in [1.54, 1.807) is 13.8 Å². The molecule has 0 radical (unpaired) electrons. The van der Waals surface area contributed by atoms with Crippen molar-refractivity contribution in [2.75, 3.05) is 11.9 Å². The molecular formula is C20H21ClN4O6S3. The lowest BCUT2D eigenvalue weighted by Crippen LogP contribution is -2.42. The van der Waals surface area contributed by atoms with Gasteiger partial charge in [-0.3, -0.25) is 10.1 Å². The molecule has 4 rings (SSSR count). The summed E-state index contributed by atoms with van der Waals surface area (Å²) in [5.41, 5.74) is 0.468. The molecule has 1 fully saturated rings. The average Bonchev–Trinajstić information content (AvgIpc) is 3.54. The molecule has 0 aliphatic carbocycles. The predicted octanol–water partition coefficient (Wildman–Crippen LogP) is 3.43. The van der Waals surface area contributed by atoms with Gasteiger partial charge in [0.2, 0.25) is 11.8 Å². The first-order valence-corrected chi connectivity index (χ1v) is 14.4. The molecule has 10 nitrogen and oxygen atoms in total. The number of sulfonamides is 1. The smallest absolute Gasteiger partial charge is 0.322 e. The van der Waals surface area contributed by atoms with Crippen LogP contribution in [0.15, 0.2) is 49.9 Å². The maximum Gasteiger partial charge on any atom is 0.322 e. The van der Waals surface area contributed by atoms with Crippen LogP contribution in [0.25, 0.3) is 11.5 Å². The molecule has 0 bridgehead atoms. The third-order valence-corrected chi connectivity index (χ3v) is 11.1. The van der Waals surface area contributed by atoms with E-state index in [-0.39, 0.29) is 27.6 Å². The highest BCUT2D eigenvalue weighted by Gasteiger charge is 2.40. The quantitative estimate of drug-likeness (QED) is 0.477. The van der Waals surface area contributed by atoms with E-state index in [9.17, 15) is 21.6 Å². The van der Waals surface area contributed by atoms with Crippen molar-refractivity contribution in [1.29, 1.82) is 0 Å². The molecule has 2 aromatic heterocycles. The van der Waals surface area contributed by atoms with E-state index < -0.39 is 37.1 Å². The Balaban J connectivity index is 1.48. The van der Waals surface area contributed by atoms with Crippen molar-refractivity contribution in [2.45, 2.75) is 47.1 Å². The molecule has 1 aromatic carbocycles. The minimum Gasteiger partial charge on any atom is -0.403 e. The standard InChI is InChI=1S/C20H21ClN4O6S3/c1-12(2)33(27,28)14-7-5-13(6-8-14)19-23-24-20(31-19)22-18(26)15-4-3-11-25(15)34(29,30)17-10-9-16(21)32-17/h5-10,12,15H,3-4,11H2,1-2H3,(H,22,24,26). The van der Waals surface area contributed by atoms with Gasteiger partial charge in [0.1, 0.15) is 10.3 Å². The lowest BCUT2D eigenvalue weighted by molar-refractivity contribution is -0.119. The molecule has 1 aliphatic heterocycles. The molecule has 0 spiro atoms. The Bertz CT molecular complexity index is 1410. The Kier molecular flexibility index (Phi) is 6.84. The van der Waals surface area contributed by atoms with Crippen molar-refractivity contribution in [3.05, 3.63) is 40.7 Å². The van der Waals surface area contributed by atoms with Gasteiger partial charge in [0.15, 0.2) is 9.84 Å². The Morgan fingerprint density at radius 2 is 1.85 bits per heavy atom. The zero-order chi connectivity index (χ0) is 24.7. The summed E-state index contributed by atoms with van der Waals surface area (Å²) in [6.45, 7) is 3.40. The van der Waals surface area contributed by atoms with Crippen LogP contribution in [0.1, 0.15) is 26.7 Å². The molecule has 14 heteroatoms. The molecule has 1 saturated heterocycles. The molecule has 1 amide bonds. The molecule has 1 atom stereocenters. The molecule has 3 heterocycles. The fourth-order valence-electron chi connectivity index (χ4n) is 3.48. The first-order valence-electron chi connectivity index (χ1n) is 10.3. The van der Waals surface area contributed by atoms with Crippen LogP contribution in [-0.4, -0.2) is 55.1 Å². The number of amides is 1. The van der Waals surface area contributed by atoms with Crippen molar-refractivity contribution in [1.82, 2.24) is 14.5 Å². The van der Waals surface area contributed by atoms with Gasteiger partial charge in [0, 0.05) is 12.1 Å². The average molecular weight is 545 g/mol. The maximum atomic E-state index is 12.9. The summed E-state index contributed by atoms with van der Waals surface area (Å²) in [6, 6.07) is 7.75. The van der Waals surface area contributed by atoms with Gasteiger partial charge in [-0.25, -0.2) is 16.8 Å². The monoisotopic (exact) mass is 544 g/mol. The summed E-state index contributed by atoms with van der Waals surface area (Å²) in [5, 5.41) is 9.61. The predicted molar refractivity (Wildman–Crippen MR) is 127 cm³/mol. The topological polar surface area (TPSA) is 140 Å². The summed E-state index contributed by atoms with van der Waals surface area (Å²) in [4.78, 5) is 13.0. The third kappa shape index (κ3) is 4.75. The Morgan fingerprint density at radius 3 is 2.47 bits per heavy atom. The SMILES string of the molecule is CC(C)S(=O)(=O)c1ccc(-c2nnc(NC(=O)C3CCCN3S(=O)(=O)c3ccc(Cl)s3)o2)cc1. The van der Waals surface area contributed by atoms with E-state index in [1.807, 2.05) is 0 Å². The molecule has 1 unspecified atom stereocenters. The fourth-order valence-corrected chi connectivity index (χ4v) is 7.81. The number of hydrogen-bond acceptors (Lipinski definition) is 9. The zero-order valence-electron chi connectivity index (χ0n) is 18.1. The first kappa shape index (κ1) is 24.8. The largest absolute Gasteiger partial charge is 0.403 e. The Hall–Kier alpha value is -2.32. The van der Waals surface area contributed by atoms with Gasteiger partial charge in [-0.15, -0.1) is 16.4 Å². The molecule has 1 N–H and O–H groups in total. The molecule has 34 heavy (non-hydrogen) atoms. The van der Waals surface area contributed by atoms with Crippen molar-refractivity contribution in [2.24, 2.45) is 0 Å². The molecule has 1 aliphatic rings. The molecule has 0 saturated carbocycles. The van der Waals surface area contributed by atoms with E-state index in [0.29, 0.717) is 22.7 Å². The van der Waals surface area contributed by atoms with Gasteiger partial charge >= 0.3 is 6.01 Å². The number of rotatable bonds is 7. The van der Waals surface area contributed by atoms with Crippen molar-refractivity contribution < 1.29 is 26.0 Å². The number of sulfone groups is 1. The summed E-state index contributed by atoms with van der Waals surface area (Å²) in [7, 11) is -7.29. The minimum absolute atomic E-state index is 0.0696. The molecule has 3 aromatic rings. The van der Waals surface area contributed by atoms with Gasteiger partial charge in [-0.05, 0) is 63.1 Å². The second-order valence-corrected chi connectivity index (χ2v) is 14.2. The third-order valence-electron chi connectivity index (χ3n) is 5.32. The normalized spacial score (nSPS) is 17.4. The van der Waals surface area contributed by atoms with Gasteiger partial charge in [-0.2, -0.15) is 4.31 Å². The second-order valence-electron chi connectivity index (χ2n) is 7.85. The number of thiophene rings is 1. The Morgan fingerprint density at radius 1 is 1.15 bits per heavy atom. The van der Waals surface area contributed by atoms with Gasteiger partial charge in [0.05, 0.1) is 14.5 Å².